The second-order valence-corrected chi connectivity index (χ2v) is 3.54. The summed E-state index contributed by atoms with van der Waals surface area (Å²) in [5.74, 6) is 0. The molecule has 4 heteroatoms. The first-order valence-electron chi connectivity index (χ1n) is 5.25. The summed E-state index contributed by atoms with van der Waals surface area (Å²) in [7, 11) is 0. The summed E-state index contributed by atoms with van der Waals surface area (Å²) in [4.78, 5) is 0. The molecule has 16 heavy (non-hydrogen) atoms. The molecular weight excluding hydrogens is 202 g/mol. The highest BCUT2D eigenvalue weighted by atomic mass is 16.5. The minimum atomic E-state index is 0.670. The third kappa shape index (κ3) is 2.81. The summed E-state index contributed by atoms with van der Waals surface area (Å²) in [5.41, 5.74) is 1.68. The van der Waals surface area contributed by atoms with Crippen LogP contribution in [0.2, 0.25) is 0 Å². The lowest BCUT2D eigenvalue weighted by atomic mass is 10.2. The average Bonchev–Trinajstić information content (AvgIpc) is 2.38. The van der Waals surface area contributed by atoms with E-state index in [2.05, 4.69) is 11.2 Å². The van der Waals surface area contributed by atoms with Gasteiger partial charge in [0, 0.05) is 0 Å². The zero-order valence-corrected chi connectivity index (χ0v) is 8.97. The summed E-state index contributed by atoms with van der Waals surface area (Å²) in [6, 6.07) is 9.46. The van der Waals surface area contributed by atoms with Gasteiger partial charge in [0.2, 0.25) is 0 Å². The third-order valence-corrected chi connectivity index (χ3v) is 2.40. The molecule has 82 valence electrons. The fraction of sp³-hybridized carbons (Fsp3) is 0.333. The van der Waals surface area contributed by atoms with E-state index in [1.54, 1.807) is 12.1 Å². The van der Waals surface area contributed by atoms with Crippen LogP contribution in [0.25, 0.3) is 0 Å². The van der Waals surface area contributed by atoms with E-state index in [1.165, 1.54) is 0 Å². The van der Waals surface area contributed by atoms with Gasteiger partial charge in [0.25, 0.3) is 0 Å². The van der Waals surface area contributed by atoms with Crippen LogP contribution in [0.5, 0.6) is 0 Å². The van der Waals surface area contributed by atoms with Crippen molar-refractivity contribution in [2.75, 3.05) is 26.3 Å². The van der Waals surface area contributed by atoms with Crippen LogP contribution >= 0.6 is 0 Å². The van der Waals surface area contributed by atoms with Gasteiger partial charge in [-0.3, -0.25) is 5.01 Å². The number of rotatable bonds is 2. The second kappa shape index (κ2) is 5.29. The molecule has 0 atom stereocenters. The minimum absolute atomic E-state index is 0.670. The van der Waals surface area contributed by atoms with Gasteiger partial charge in [0.15, 0.2) is 0 Å². The first-order chi connectivity index (χ1) is 7.88. The van der Waals surface area contributed by atoms with E-state index in [0.717, 1.165) is 31.9 Å². The molecule has 2 rings (SSSR count). The maximum absolute atomic E-state index is 8.66. The van der Waals surface area contributed by atoms with Crippen LogP contribution in [-0.4, -0.2) is 37.5 Å². The van der Waals surface area contributed by atoms with Crippen LogP contribution < -0.4 is 0 Å². The molecule has 0 saturated carbocycles. The third-order valence-electron chi connectivity index (χ3n) is 2.40. The van der Waals surface area contributed by atoms with Crippen LogP contribution in [0, 0.1) is 11.3 Å². The van der Waals surface area contributed by atoms with E-state index in [4.69, 9.17) is 10.00 Å². The van der Waals surface area contributed by atoms with Crippen LogP contribution in [0.15, 0.2) is 29.4 Å². The molecule has 1 heterocycles. The van der Waals surface area contributed by atoms with Crippen molar-refractivity contribution in [1.82, 2.24) is 5.01 Å². The van der Waals surface area contributed by atoms with E-state index in [-0.39, 0.29) is 0 Å². The van der Waals surface area contributed by atoms with Gasteiger partial charge in [-0.2, -0.15) is 10.4 Å². The summed E-state index contributed by atoms with van der Waals surface area (Å²) < 4.78 is 5.23. The van der Waals surface area contributed by atoms with E-state index in [1.807, 2.05) is 23.4 Å². The summed E-state index contributed by atoms with van der Waals surface area (Å²) >= 11 is 0. The van der Waals surface area contributed by atoms with Gasteiger partial charge in [-0.15, -0.1) is 0 Å². The molecule has 1 aliphatic rings. The molecule has 4 nitrogen and oxygen atoms in total. The van der Waals surface area contributed by atoms with Crippen LogP contribution in [0.3, 0.4) is 0 Å². The van der Waals surface area contributed by atoms with Crippen LogP contribution in [0.1, 0.15) is 11.1 Å². The van der Waals surface area contributed by atoms with E-state index in [9.17, 15) is 0 Å². The molecular formula is C12H13N3O. The Morgan fingerprint density at radius 1 is 1.25 bits per heavy atom. The Balaban J connectivity index is 1.97. The monoisotopic (exact) mass is 215 g/mol. The summed E-state index contributed by atoms with van der Waals surface area (Å²) in [6.07, 6.45) is 1.81. The predicted octanol–water partition coefficient (Wildman–Crippen LogP) is 1.22. The fourth-order valence-corrected chi connectivity index (χ4v) is 1.46. The van der Waals surface area contributed by atoms with Crippen LogP contribution in [0.4, 0.5) is 0 Å². The topological polar surface area (TPSA) is 48.6 Å². The Morgan fingerprint density at radius 2 is 1.94 bits per heavy atom. The van der Waals surface area contributed by atoms with Gasteiger partial charge in [0.05, 0.1) is 44.2 Å². The molecule has 0 aromatic heterocycles. The molecule has 0 bridgehead atoms. The van der Waals surface area contributed by atoms with Gasteiger partial charge in [0.1, 0.15) is 0 Å². The van der Waals surface area contributed by atoms with Crippen LogP contribution in [-0.2, 0) is 4.74 Å². The van der Waals surface area contributed by atoms with Crippen molar-refractivity contribution in [2.24, 2.45) is 5.10 Å². The number of hydrazone groups is 1. The highest BCUT2D eigenvalue weighted by Crippen LogP contribution is 2.02. The molecule has 0 aliphatic carbocycles. The normalized spacial score (nSPS) is 16.3. The van der Waals surface area contributed by atoms with Crippen molar-refractivity contribution < 1.29 is 4.74 Å². The molecule has 1 saturated heterocycles. The number of ether oxygens (including phenoxy) is 1. The number of nitrogens with zero attached hydrogens (tertiary/aromatic N) is 3. The summed E-state index contributed by atoms with van der Waals surface area (Å²) in [5, 5.41) is 15.0. The van der Waals surface area contributed by atoms with Crippen molar-refractivity contribution in [3.63, 3.8) is 0 Å². The smallest absolute Gasteiger partial charge is 0.0991 e. The van der Waals surface area contributed by atoms with Gasteiger partial charge in [-0.05, 0) is 17.7 Å². The number of hydrogen-bond acceptors (Lipinski definition) is 4. The Hall–Kier alpha value is -1.86. The Morgan fingerprint density at radius 3 is 2.56 bits per heavy atom. The quantitative estimate of drug-likeness (QED) is 0.697. The maximum atomic E-state index is 8.66. The lowest BCUT2D eigenvalue weighted by molar-refractivity contribution is 0.0397. The first kappa shape index (κ1) is 10.7. The highest BCUT2D eigenvalue weighted by molar-refractivity contribution is 5.79. The van der Waals surface area contributed by atoms with Crippen molar-refractivity contribution >= 4 is 6.21 Å². The zero-order valence-electron chi connectivity index (χ0n) is 8.97. The number of nitriles is 1. The van der Waals surface area contributed by atoms with E-state index >= 15 is 0 Å². The lowest BCUT2D eigenvalue weighted by Gasteiger charge is -2.23. The largest absolute Gasteiger partial charge is 0.378 e. The second-order valence-electron chi connectivity index (χ2n) is 3.54. The zero-order chi connectivity index (χ0) is 11.2. The average molecular weight is 215 g/mol. The molecule has 1 aromatic carbocycles. The fourth-order valence-electron chi connectivity index (χ4n) is 1.46. The lowest BCUT2D eigenvalue weighted by Crippen LogP contribution is -2.32. The summed E-state index contributed by atoms with van der Waals surface area (Å²) in [6.45, 7) is 3.16. The van der Waals surface area contributed by atoms with Crippen molar-refractivity contribution in [1.29, 1.82) is 5.26 Å². The molecule has 0 spiro atoms. The molecule has 0 N–H and O–H groups in total. The van der Waals surface area contributed by atoms with Gasteiger partial charge >= 0.3 is 0 Å². The van der Waals surface area contributed by atoms with Gasteiger partial charge in [-0.25, -0.2) is 0 Å². The molecule has 0 unspecified atom stereocenters. The predicted molar refractivity (Wildman–Crippen MR) is 61.1 cm³/mol. The molecule has 1 aliphatic heterocycles. The Bertz CT molecular complexity index is 399. The molecule has 0 amide bonds. The number of benzene rings is 1. The van der Waals surface area contributed by atoms with E-state index in [0.29, 0.717) is 5.56 Å². The first-order valence-corrected chi connectivity index (χ1v) is 5.25. The highest BCUT2D eigenvalue weighted by Gasteiger charge is 2.05. The van der Waals surface area contributed by atoms with Crippen molar-refractivity contribution in [3.8, 4) is 6.07 Å². The number of morpholine rings is 1. The standard InChI is InChI=1S/C12H13N3O/c13-9-11-1-3-12(4-2-11)10-14-15-5-7-16-8-6-15/h1-4,10H,5-8H2/b14-10-. The SMILES string of the molecule is N#Cc1ccc(/C=N\N2CCOCC2)cc1. The van der Waals surface area contributed by atoms with Gasteiger partial charge in [-0.1, -0.05) is 12.1 Å². The number of hydrogen-bond donors (Lipinski definition) is 0. The van der Waals surface area contributed by atoms with E-state index < -0.39 is 0 Å². The van der Waals surface area contributed by atoms with Crippen molar-refractivity contribution in [3.05, 3.63) is 35.4 Å². The van der Waals surface area contributed by atoms with Gasteiger partial charge < -0.3 is 4.74 Å². The molecule has 1 fully saturated rings. The molecule has 0 radical (unpaired) electrons. The van der Waals surface area contributed by atoms with Crippen molar-refractivity contribution in [2.45, 2.75) is 0 Å². The molecule has 1 aromatic rings. The maximum Gasteiger partial charge on any atom is 0.0991 e. The Kier molecular flexibility index (Phi) is 3.52. The Labute approximate surface area is 94.7 Å². The minimum Gasteiger partial charge on any atom is -0.378 e.